The zero-order valence-corrected chi connectivity index (χ0v) is 13.2. The van der Waals surface area contributed by atoms with Crippen molar-refractivity contribution < 1.29 is 4.52 Å². The topological polar surface area (TPSA) is 72.9 Å². The highest BCUT2D eigenvalue weighted by Gasteiger charge is 2.22. The Kier molecular flexibility index (Phi) is 5.15. The van der Waals surface area contributed by atoms with E-state index in [0.29, 0.717) is 5.92 Å². The molecule has 0 saturated carbocycles. The molecule has 0 spiro atoms. The first-order valence-electron chi connectivity index (χ1n) is 8.19. The summed E-state index contributed by atoms with van der Waals surface area (Å²) in [5, 5.41) is 8.31. The molecule has 3 rings (SSSR count). The average Bonchev–Trinajstić information content (AvgIpc) is 3.17. The highest BCUT2D eigenvalue weighted by atomic mass is 16.5. The Morgan fingerprint density at radius 3 is 3.18 bits per heavy atom. The van der Waals surface area contributed by atoms with Crippen LogP contribution in [0.3, 0.4) is 0 Å². The summed E-state index contributed by atoms with van der Waals surface area (Å²) >= 11 is 0. The van der Waals surface area contributed by atoms with Crippen LogP contribution in [0.4, 0.5) is 0 Å². The van der Waals surface area contributed by atoms with Gasteiger partial charge in [0.15, 0.2) is 5.82 Å². The number of likely N-dealkylation sites (tertiary alicyclic amines) is 1. The van der Waals surface area contributed by atoms with Gasteiger partial charge >= 0.3 is 0 Å². The van der Waals surface area contributed by atoms with E-state index in [1.165, 1.54) is 12.8 Å². The lowest BCUT2D eigenvalue weighted by molar-refractivity contribution is 0.149. The van der Waals surface area contributed by atoms with Gasteiger partial charge < -0.3 is 4.52 Å². The standard InChI is InChI=1S/C15H24N6O/c1-2-3-6-15-18-14(19-22-15)10-20-7-4-5-13(8-20)9-21-12-16-11-17-21/h11-13H,2-10H2,1H3. The molecule has 1 saturated heterocycles. The number of unbranched alkanes of at least 4 members (excludes halogenated alkanes) is 1. The average molecular weight is 304 g/mol. The second-order valence-corrected chi connectivity index (χ2v) is 6.07. The van der Waals surface area contributed by atoms with Gasteiger partial charge in [0.25, 0.3) is 0 Å². The molecule has 3 heterocycles. The van der Waals surface area contributed by atoms with Crippen LogP contribution in [-0.4, -0.2) is 42.9 Å². The van der Waals surface area contributed by atoms with E-state index in [9.17, 15) is 0 Å². The van der Waals surface area contributed by atoms with Crippen molar-refractivity contribution in [1.82, 2.24) is 29.8 Å². The number of hydrogen-bond acceptors (Lipinski definition) is 6. The number of aromatic nitrogens is 5. The first kappa shape index (κ1) is 15.1. The fraction of sp³-hybridized carbons (Fsp3) is 0.733. The molecule has 1 fully saturated rings. The first-order valence-corrected chi connectivity index (χ1v) is 8.19. The SMILES string of the molecule is CCCCc1nc(CN2CCCC(Cn3cncn3)C2)no1. The third-order valence-electron chi connectivity index (χ3n) is 4.13. The third kappa shape index (κ3) is 4.13. The lowest BCUT2D eigenvalue weighted by Gasteiger charge is -2.31. The fourth-order valence-corrected chi connectivity index (χ4v) is 3.02. The van der Waals surface area contributed by atoms with Crippen LogP contribution in [0.1, 0.15) is 44.3 Å². The van der Waals surface area contributed by atoms with Gasteiger partial charge in [0, 0.05) is 19.5 Å². The fourth-order valence-electron chi connectivity index (χ4n) is 3.02. The minimum absolute atomic E-state index is 0.613. The molecular weight excluding hydrogens is 280 g/mol. The van der Waals surface area contributed by atoms with Crippen LogP contribution in [0, 0.1) is 5.92 Å². The predicted molar refractivity (Wildman–Crippen MR) is 80.9 cm³/mol. The zero-order chi connectivity index (χ0) is 15.2. The molecule has 2 aromatic rings. The van der Waals surface area contributed by atoms with Gasteiger partial charge in [-0.2, -0.15) is 10.1 Å². The first-order chi connectivity index (χ1) is 10.8. The van der Waals surface area contributed by atoms with Crippen LogP contribution in [-0.2, 0) is 19.5 Å². The Balaban J connectivity index is 1.50. The van der Waals surface area contributed by atoms with Crippen LogP contribution in [0.15, 0.2) is 17.2 Å². The van der Waals surface area contributed by atoms with Crippen molar-refractivity contribution in [2.45, 2.75) is 52.1 Å². The molecule has 1 atom stereocenters. The van der Waals surface area contributed by atoms with Crippen LogP contribution in [0.25, 0.3) is 0 Å². The summed E-state index contributed by atoms with van der Waals surface area (Å²) in [4.78, 5) is 10.9. The van der Waals surface area contributed by atoms with Crippen molar-refractivity contribution >= 4 is 0 Å². The smallest absolute Gasteiger partial charge is 0.226 e. The van der Waals surface area contributed by atoms with E-state index < -0.39 is 0 Å². The van der Waals surface area contributed by atoms with E-state index in [-0.39, 0.29) is 0 Å². The molecule has 1 aliphatic rings. The maximum absolute atomic E-state index is 5.31. The van der Waals surface area contributed by atoms with E-state index in [0.717, 1.165) is 57.2 Å². The number of aryl methyl sites for hydroxylation is 1. The number of rotatable bonds is 7. The highest BCUT2D eigenvalue weighted by molar-refractivity contribution is 4.88. The summed E-state index contributed by atoms with van der Waals surface area (Å²) in [6, 6.07) is 0. The minimum atomic E-state index is 0.613. The van der Waals surface area contributed by atoms with Gasteiger partial charge in [-0.3, -0.25) is 9.58 Å². The summed E-state index contributed by atoms with van der Waals surface area (Å²) in [5.41, 5.74) is 0. The van der Waals surface area contributed by atoms with Crippen LogP contribution in [0.5, 0.6) is 0 Å². The summed E-state index contributed by atoms with van der Waals surface area (Å²) < 4.78 is 7.23. The maximum atomic E-state index is 5.31. The lowest BCUT2D eigenvalue weighted by atomic mass is 9.98. The molecule has 7 nitrogen and oxygen atoms in total. The second kappa shape index (κ2) is 7.49. The monoisotopic (exact) mass is 304 g/mol. The van der Waals surface area contributed by atoms with E-state index in [4.69, 9.17) is 4.52 Å². The summed E-state index contributed by atoms with van der Waals surface area (Å²) in [7, 11) is 0. The van der Waals surface area contributed by atoms with Gasteiger partial charge in [-0.15, -0.1) is 0 Å². The van der Waals surface area contributed by atoms with Crippen LogP contribution >= 0.6 is 0 Å². The van der Waals surface area contributed by atoms with Crippen molar-refractivity contribution in [3.63, 3.8) is 0 Å². The molecule has 7 heteroatoms. The molecule has 0 aliphatic carbocycles. The van der Waals surface area contributed by atoms with Crippen molar-refractivity contribution in [3.05, 3.63) is 24.4 Å². The molecule has 120 valence electrons. The molecule has 0 radical (unpaired) electrons. The Morgan fingerprint density at radius 1 is 1.41 bits per heavy atom. The minimum Gasteiger partial charge on any atom is -0.339 e. The van der Waals surface area contributed by atoms with Crippen molar-refractivity contribution in [1.29, 1.82) is 0 Å². The van der Waals surface area contributed by atoms with Gasteiger partial charge in [0.2, 0.25) is 5.89 Å². The van der Waals surface area contributed by atoms with E-state index in [2.05, 4.69) is 32.0 Å². The number of piperidine rings is 1. The molecule has 0 bridgehead atoms. The molecule has 0 N–H and O–H groups in total. The summed E-state index contributed by atoms with van der Waals surface area (Å²) in [6.45, 7) is 6.04. The molecule has 1 aliphatic heterocycles. The molecule has 0 aromatic carbocycles. The second-order valence-electron chi connectivity index (χ2n) is 6.07. The Hall–Kier alpha value is -1.76. The largest absolute Gasteiger partial charge is 0.339 e. The Bertz CT molecular complexity index is 552. The van der Waals surface area contributed by atoms with Crippen molar-refractivity contribution in [2.75, 3.05) is 13.1 Å². The summed E-state index contributed by atoms with van der Waals surface area (Å²) in [6.07, 6.45) is 8.97. The predicted octanol–water partition coefficient (Wildman–Crippen LogP) is 1.92. The lowest BCUT2D eigenvalue weighted by Crippen LogP contribution is -2.36. The molecule has 2 aromatic heterocycles. The number of nitrogens with zero attached hydrogens (tertiary/aromatic N) is 6. The Labute approximate surface area is 130 Å². The molecular formula is C15H24N6O. The Morgan fingerprint density at radius 2 is 2.36 bits per heavy atom. The van der Waals surface area contributed by atoms with E-state index in [1.54, 1.807) is 12.7 Å². The third-order valence-corrected chi connectivity index (χ3v) is 4.13. The zero-order valence-electron chi connectivity index (χ0n) is 13.2. The highest BCUT2D eigenvalue weighted by Crippen LogP contribution is 2.19. The number of hydrogen-bond donors (Lipinski definition) is 0. The van der Waals surface area contributed by atoms with Gasteiger partial charge in [-0.1, -0.05) is 18.5 Å². The van der Waals surface area contributed by atoms with Gasteiger partial charge in [0.1, 0.15) is 12.7 Å². The normalized spacial score (nSPS) is 19.6. The maximum Gasteiger partial charge on any atom is 0.226 e. The molecule has 1 unspecified atom stereocenters. The summed E-state index contributed by atoms with van der Waals surface area (Å²) in [5.74, 6) is 2.20. The van der Waals surface area contributed by atoms with Crippen molar-refractivity contribution in [2.24, 2.45) is 5.92 Å². The van der Waals surface area contributed by atoms with Crippen molar-refractivity contribution in [3.8, 4) is 0 Å². The van der Waals surface area contributed by atoms with Gasteiger partial charge in [-0.05, 0) is 31.7 Å². The molecule has 22 heavy (non-hydrogen) atoms. The van der Waals surface area contributed by atoms with E-state index in [1.807, 2.05) is 4.68 Å². The van der Waals surface area contributed by atoms with Gasteiger partial charge in [-0.25, -0.2) is 4.98 Å². The van der Waals surface area contributed by atoms with Crippen LogP contribution < -0.4 is 0 Å². The van der Waals surface area contributed by atoms with E-state index >= 15 is 0 Å². The van der Waals surface area contributed by atoms with Gasteiger partial charge in [0.05, 0.1) is 6.54 Å². The molecule has 0 amide bonds. The van der Waals surface area contributed by atoms with Crippen LogP contribution in [0.2, 0.25) is 0 Å². The quantitative estimate of drug-likeness (QED) is 0.778.